The average Bonchev–Trinajstić information content (AvgIpc) is 2.67. The number of halogens is 1. The summed E-state index contributed by atoms with van der Waals surface area (Å²) in [5.74, 6) is 2.54. The lowest BCUT2D eigenvalue weighted by molar-refractivity contribution is -0.384. The number of nitrogens with zero attached hydrogens (tertiary/aromatic N) is 3. The number of benzene rings is 1. The van der Waals surface area contributed by atoms with E-state index < -0.39 is 4.92 Å². The molecule has 4 aliphatic carbocycles. The van der Waals surface area contributed by atoms with E-state index in [9.17, 15) is 14.9 Å². The number of hydrogen-bond acceptors (Lipinski definition) is 4. The maximum Gasteiger partial charge on any atom is 0.270 e. The van der Waals surface area contributed by atoms with Gasteiger partial charge < -0.3 is 4.90 Å². The maximum atomic E-state index is 13.0. The number of carbonyl (C=O) groups excluding carboxylic acids is 1. The van der Waals surface area contributed by atoms with E-state index in [1.165, 1.54) is 56.7 Å². The van der Waals surface area contributed by atoms with E-state index in [-0.39, 0.29) is 22.2 Å². The number of piperazine rings is 1. The van der Waals surface area contributed by atoms with Crippen LogP contribution in [0.5, 0.6) is 0 Å². The molecule has 1 aromatic rings. The highest BCUT2D eigenvalue weighted by Gasteiger charge is 2.53. The number of nitro groups is 1. The molecule has 1 heterocycles. The molecule has 0 unspecified atom stereocenters. The predicted octanol–water partition coefficient (Wildman–Crippen LogP) is 3.97. The SMILES string of the molecule is O=C(c1cc([N+](=O)[O-])ccc1Cl)N1CCN(C23CC4CC(CC(C4)C2)C3)CC1. The van der Waals surface area contributed by atoms with Gasteiger partial charge in [-0.05, 0) is 62.3 Å². The van der Waals surface area contributed by atoms with E-state index in [4.69, 9.17) is 11.6 Å². The molecule has 4 saturated carbocycles. The van der Waals surface area contributed by atoms with E-state index in [1.54, 1.807) is 0 Å². The Morgan fingerprint density at radius 2 is 1.61 bits per heavy atom. The Morgan fingerprint density at radius 3 is 2.14 bits per heavy atom. The van der Waals surface area contributed by atoms with Crippen molar-refractivity contribution < 1.29 is 9.72 Å². The molecule has 6 nitrogen and oxygen atoms in total. The molecule has 7 heteroatoms. The molecule has 0 radical (unpaired) electrons. The second kappa shape index (κ2) is 6.70. The normalized spacial score (nSPS) is 34.6. The van der Waals surface area contributed by atoms with Crippen molar-refractivity contribution in [2.24, 2.45) is 17.8 Å². The summed E-state index contributed by atoms with van der Waals surface area (Å²) >= 11 is 6.17. The summed E-state index contributed by atoms with van der Waals surface area (Å²) in [6.45, 7) is 3.12. The van der Waals surface area contributed by atoms with Crippen LogP contribution in [-0.2, 0) is 0 Å². The molecular formula is C21H26ClN3O3. The standard InChI is InChI=1S/C21H26ClN3O3/c22-19-2-1-17(25(27)28)10-18(19)20(26)23-3-5-24(6-4-23)21-11-14-7-15(12-21)9-16(8-14)13-21/h1-2,10,14-16H,3-9,11-13H2. The fourth-order valence-corrected chi connectivity index (χ4v) is 7.00. The van der Waals surface area contributed by atoms with Gasteiger partial charge in [-0.25, -0.2) is 0 Å². The Hall–Kier alpha value is -1.66. The smallest absolute Gasteiger partial charge is 0.270 e. The highest BCUT2D eigenvalue weighted by Crippen LogP contribution is 2.57. The first-order valence-corrected chi connectivity index (χ1v) is 10.8. The summed E-state index contributed by atoms with van der Waals surface area (Å²) < 4.78 is 0. The molecule has 1 saturated heterocycles. The monoisotopic (exact) mass is 403 g/mol. The first-order chi connectivity index (χ1) is 13.4. The minimum atomic E-state index is -0.488. The van der Waals surface area contributed by atoms with Crippen molar-refractivity contribution in [2.75, 3.05) is 26.2 Å². The zero-order valence-electron chi connectivity index (χ0n) is 16.0. The lowest BCUT2D eigenvalue weighted by Gasteiger charge is -2.61. The molecule has 1 aromatic carbocycles. The van der Waals surface area contributed by atoms with Crippen LogP contribution in [0.4, 0.5) is 5.69 Å². The van der Waals surface area contributed by atoms with Gasteiger partial charge in [-0.3, -0.25) is 19.8 Å². The summed E-state index contributed by atoms with van der Waals surface area (Å²) in [4.78, 5) is 28.0. The summed E-state index contributed by atoms with van der Waals surface area (Å²) in [6, 6.07) is 4.08. The Morgan fingerprint density at radius 1 is 1.04 bits per heavy atom. The molecule has 0 aromatic heterocycles. The number of rotatable bonds is 3. The van der Waals surface area contributed by atoms with Gasteiger partial charge >= 0.3 is 0 Å². The minimum Gasteiger partial charge on any atom is -0.336 e. The number of amides is 1. The summed E-state index contributed by atoms with van der Waals surface area (Å²) in [6.07, 6.45) is 8.31. The van der Waals surface area contributed by atoms with Crippen molar-refractivity contribution in [3.8, 4) is 0 Å². The summed E-state index contributed by atoms with van der Waals surface area (Å²) in [5.41, 5.74) is 0.506. The van der Waals surface area contributed by atoms with Gasteiger partial charge in [0, 0.05) is 43.9 Å². The molecule has 28 heavy (non-hydrogen) atoms. The van der Waals surface area contributed by atoms with Crippen LogP contribution in [0.15, 0.2) is 18.2 Å². The Labute approximate surface area is 170 Å². The Kier molecular flexibility index (Phi) is 4.40. The van der Waals surface area contributed by atoms with Crippen molar-refractivity contribution in [3.05, 3.63) is 38.9 Å². The number of hydrogen-bond donors (Lipinski definition) is 0. The second-order valence-corrected chi connectivity index (χ2v) is 9.75. The lowest BCUT2D eigenvalue weighted by atomic mass is 9.52. The van der Waals surface area contributed by atoms with Crippen LogP contribution in [0.3, 0.4) is 0 Å². The second-order valence-electron chi connectivity index (χ2n) is 9.34. The molecule has 4 bridgehead atoms. The topological polar surface area (TPSA) is 66.7 Å². The van der Waals surface area contributed by atoms with E-state index in [0.29, 0.717) is 18.6 Å². The fourth-order valence-electron chi connectivity index (χ4n) is 6.80. The number of non-ortho nitro benzene ring substituents is 1. The number of nitro benzene ring substituents is 1. The van der Waals surface area contributed by atoms with Crippen LogP contribution in [0.1, 0.15) is 48.9 Å². The van der Waals surface area contributed by atoms with Crippen molar-refractivity contribution in [3.63, 3.8) is 0 Å². The van der Waals surface area contributed by atoms with Crippen LogP contribution >= 0.6 is 11.6 Å². The van der Waals surface area contributed by atoms with Crippen LogP contribution in [0.2, 0.25) is 5.02 Å². The van der Waals surface area contributed by atoms with Gasteiger partial charge in [-0.2, -0.15) is 0 Å². The van der Waals surface area contributed by atoms with Crippen molar-refractivity contribution in [1.29, 1.82) is 0 Å². The largest absolute Gasteiger partial charge is 0.336 e. The molecular weight excluding hydrogens is 378 g/mol. The predicted molar refractivity (Wildman–Crippen MR) is 106 cm³/mol. The third kappa shape index (κ3) is 3.01. The zero-order valence-corrected chi connectivity index (χ0v) is 16.7. The van der Waals surface area contributed by atoms with Crippen LogP contribution in [0.25, 0.3) is 0 Å². The molecule has 0 spiro atoms. The highest BCUT2D eigenvalue weighted by molar-refractivity contribution is 6.33. The van der Waals surface area contributed by atoms with E-state index in [2.05, 4.69) is 4.90 Å². The van der Waals surface area contributed by atoms with Crippen LogP contribution in [0, 0.1) is 27.9 Å². The quantitative estimate of drug-likeness (QED) is 0.565. The zero-order chi connectivity index (χ0) is 19.5. The van der Waals surface area contributed by atoms with Gasteiger partial charge in [0.1, 0.15) is 0 Å². The number of carbonyl (C=O) groups is 1. The minimum absolute atomic E-state index is 0.0973. The molecule has 0 atom stereocenters. The molecule has 5 aliphatic rings. The fraction of sp³-hybridized carbons (Fsp3) is 0.667. The van der Waals surface area contributed by atoms with Crippen molar-refractivity contribution in [1.82, 2.24) is 9.80 Å². The third-order valence-electron chi connectivity index (χ3n) is 7.63. The molecule has 1 amide bonds. The summed E-state index contributed by atoms with van der Waals surface area (Å²) in [5, 5.41) is 11.3. The van der Waals surface area contributed by atoms with Gasteiger partial charge in [0.15, 0.2) is 0 Å². The van der Waals surface area contributed by atoms with Crippen molar-refractivity contribution in [2.45, 2.75) is 44.1 Å². The lowest BCUT2D eigenvalue weighted by Crippen LogP contribution is -2.64. The van der Waals surface area contributed by atoms with Gasteiger partial charge in [0.05, 0.1) is 15.5 Å². The Bertz CT molecular complexity index is 784. The average molecular weight is 404 g/mol. The van der Waals surface area contributed by atoms with E-state index >= 15 is 0 Å². The first-order valence-electron chi connectivity index (χ1n) is 10.4. The third-order valence-corrected chi connectivity index (χ3v) is 7.96. The van der Waals surface area contributed by atoms with E-state index in [1.807, 2.05) is 4.90 Å². The summed E-state index contributed by atoms with van der Waals surface area (Å²) in [7, 11) is 0. The van der Waals surface area contributed by atoms with E-state index in [0.717, 1.165) is 30.8 Å². The highest BCUT2D eigenvalue weighted by atomic mass is 35.5. The molecule has 0 N–H and O–H groups in total. The molecule has 1 aliphatic heterocycles. The molecule has 150 valence electrons. The van der Waals surface area contributed by atoms with Gasteiger partial charge in [-0.15, -0.1) is 0 Å². The van der Waals surface area contributed by atoms with Gasteiger partial charge in [0.25, 0.3) is 11.6 Å². The maximum absolute atomic E-state index is 13.0. The molecule has 5 fully saturated rings. The molecule has 6 rings (SSSR count). The van der Waals surface area contributed by atoms with Crippen LogP contribution < -0.4 is 0 Å². The van der Waals surface area contributed by atoms with Crippen molar-refractivity contribution >= 4 is 23.2 Å². The Balaban J connectivity index is 1.28. The van der Waals surface area contributed by atoms with Gasteiger partial charge in [0.2, 0.25) is 0 Å². The first kappa shape index (κ1) is 18.4. The van der Waals surface area contributed by atoms with Crippen LogP contribution in [-0.4, -0.2) is 52.3 Å². The van der Waals surface area contributed by atoms with Gasteiger partial charge in [-0.1, -0.05) is 11.6 Å².